The highest BCUT2D eigenvalue weighted by molar-refractivity contribution is 7.10. The molecule has 0 radical (unpaired) electrons. The smallest absolute Gasteiger partial charge is 0.228 e. The van der Waals surface area contributed by atoms with Gasteiger partial charge in [-0.2, -0.15) is 5.26 Å². The molecule has 0 N–H and O–H groups in total. The third kappa shape index (κ3) is 3.18. The van der Waals surface area contributed by atoms with Gasteiger partial charge in [-0.3, -0.25) is 9.78 Å². The van der Waals surface area contributed by atoms with E-state index in [4.69, 9.17) is 0 Å². The van der Waals surface area contributed by atoms with Crippen molar-refractivity contribution in [3.63, 3.8) is 0 Å². The molecule has 0 aliphatic rings. The summed E-state index contributed by atoms with van der Waals surface area (Å²) in [6.45, 7) is 0. The highest BCUT2D eigenvalue weighted by Gasteiger charge is 2.21. The fraction of sp³-hybridized carbons (Fsp3) is 0.214. The van der Waals surface area contributed by atoms with E-state index >= 15 is 0 Å². The molecule has 2 heterocycles. The second-order valence-electron chi connectivity index (χ2n) is 4.07. The number of aromatic nitrogens is 1. The minimum Gasteiger partial charge on any atom is -0.325 e. The van der Waals surface area contributed by atoms with E-state index in [1.165, 1.54) is 4.90 Å². The van der Waals surface area contributed by atoms with Crippen LogP contribution in [-0.4, -0.2) is 22.8 Å². The van der Waals surface area contributed by atoms with Crippen LogP contribution in [0.25, 0.3) is 0 Å². The molecule has 2 rings (SSSR count). The van der Waals surface area contributed by atoms with E-state index in [9.17, 15) is 10.1 Å². The molecule has 5 heteroatoms. The monoisotopic (exact) mass is 271 g/mol. The van der Waals surface area contributed by atoms with Gasteiger partial charge in [-0.1, -0.05) is 6.07 Å². The van der Waals surface area contributed by atoms with Gasteiger partial charge in [0.05, 0.1) is 12.5 Å². The van der Waals surface area contributed by atoms with Gasteiger partial charge in [-0.25, -0.2) is 0 Å². The van der Waals surface area contributed by atoms with Crippen LogP contribution >= 0.6 is 11.3 Å². The molecule has 2 aromatic heterocycles. The molecule has 1 atom stereocenters. The van der Waals surface area contributed by atoms with Crippen LogP contribution in [0.4, 0.5) is 0 Å². The maximum Gasteiger partial charge on any atom is 0.228 e. The van der Waals surface area contributed by atoms with E-state index in [0.29, 0.717) is 6.42 Å². The van der Waals surface area contributed by atoms with Gasteiger partial charge in [0.1, 0.15) is 6.04 Å². The summed E-state index contributed by atoms with van der Waals surface area (Å²) in [5, 5.41) is 11.2. The minimum atomic E-state index is -0.574. The number of hydrogen-bond donors (Lipinski definition) is 0. The van der Waals surface area contributed by atoms with Crippen molar-refractivity contribution >= 4 is 17.2 Å². The summed E-state index contributed by atoms with van der Waals surface area (Å²) in [4.78, 5) is 18.6. The first-order chi connectivity index (χ1) is 9.22. The maximum absolute atomic E-state index is 12.1. The minimum absolute atomic E-state index is 0.0641. The van der Waals surface area contributed by atoms with Gasteiger partial charge < -0.3 is 4.90 Å². The zero-order valence-electron chi connectivity index (χ0n) is 10.5. The topological polar surface area (TPSA) is 57.0 Å². The Kier molecular flexibility index (Phi) is 4.26. The first kappa shape index (κ1) is 13.2. The Bertz CT molecular complexity index is 574. The number of hydrogen-bond acceptors (Lipinski definition) is 4. The molecule has 0 spiro atoms. The average molecular weight is 271 g/mol. The van der Waals surface area contributed by atoms with Crippen LogP contribution in [0, 0.1) is 11.3 Å². The summed E-state index contributed by atoms with van der Waals surface area (Å²) in [5.41, 5.74) is 0.777. The maximum atomic E-state index is 12.1. The Balaban J connectivity index is 2.11. The Hall–Kier alpha value is -2.19. The molecule has 0 bridgehead atoms. The summed E-state index contributed by atoms with van der Waals surface area (Å²) < 4.78 is 0. The summed E-state index contributed by atoms with van der Waals surface area (Å²) in [7, 11) is 1.66. The number of carbonyl (C=O) groups excluding carboxylic acids is 1. The molecule has 2 aromatic rings. The fourth-order valence-corrected chi connectivity index (χ4v) is 2.46. The molecule has 0 saturated heterocycles. The van der Waals surface area contributed by atoms with Crippen LogP contribution in [0.1, 0.15) is 16.5 Å². The Labute approximate surface area is 115 Å². The molecule has 96 valence electrons. The van der Waals surface area contributed by atoms with Gasteiger partial charge in [0.2, 0.25) is 5.91 Å². The summed E-state index contributed by atoms with van der Waals surface area (Å²) >= 11 is 1.54. The average Bonchev–Trinajstić information content (AvgIpc) is 2.93. The SMILES string of the molecule is CN(C(=O)Cc1cccs1)C(C#N)c1ccncc1. The Morgan fingerprint density at radius 1 is 1.47 bits per heavy atom. The zero-order chi connectivity index (χ0) is 13.7. The molecule has 0 saturated carbocycles. The quantitative estimate of drug-likeness (QED) is 0.858. The molecule has 0 aromatic carbocycles. The molecular weight excluding hydrogens is 258 g/mol. The Morgan fingerprint density at radius 2 is 2.21 bits per heavy atom. The summed E-state index contributed by atoms with van der Waals surface area (Å²) in [6.07, 6.45) is 3.58. The van der Waals surface area contributed by atoms with Gasteiger partial charge in [0.15, 0.2) is 0 Å². The van der Waals surface area contributed by atoms with E-state index in [0.717, 1.165) is 10.4 Å². The number of thiophene rings is 1. The van der Waals surface area contributed by atoms with Crippen LogP contribution in [0.5, 0.6) is 0 Å². The number of pyridine rings is 1. The van der Waals surface area contributed by atoms with Crippen molar-refractivity contribution in [2.24, 2.45) is 0 Å². The molecule has 0 aliphatic heterocycles. The van der Waals surface area contributed by atoms with E-state index in [1.54, 1.807) is 42.9 Å². The van der Waals surface area contributed by atoms with Crippen LogP contribution in [0.2, 0.25) is 0 Å². The largest absolute Gasteiger partial charge is 0.325 e. The van der Waals surface area contributed by atoms with Crippen molar-refractivity contribution in [3.05, 3.63) is 52.5 Å². The number of carbonyl (C=O) groups is 1. The summed E-state index contributed by atoms with van der Waals surface area (Å²) in [6, 6.07) is 8.93. The van der Waals surface area contributed by atoms with Crippen LogP contribution in [0.15, 0.2) is 42.0 Å². The third-order valence-electron chi connectivity index (χ3n) is 2.83. The van der Waals surface area contributed by atoms with Crippen LogP contribution in [-0.2, 0) is 11.2 Å². The van der Waals surface area contributed by atoms with E-state index < -0.39 is 6.04 Å². The predicted molar refractivity (Wildman–Crippen MR) is 73.4 cm³/mol. The number of nitrogens with zero attached hydrogens (tertiary/aromatic N) is 3. The lowest BCUT2D eigenvalue weighted by atomic mass is 10.1. The van der Waals surface area contributed by atoms with E-state index in [1.807, 2.05) is 17.5 Å². The van der Waals surface area contributed by atoms with Crippen molar-refractivity contribution in [2.75, 3.05) is 7.05 Å². The second-order valence-corrected chi connectivity index (χ2v) is 5.11. The van der Waals surface area contributed by atoms with Gasteiger partial charge in [0, 0.05) is 24.3 Å². The van der Waals surface area contributed by atoms with E-state index in [2.05, 4.69) is 11.1 Å². The first-order valence-corrected chi connectivity index (χ1v) is 6.68. The Morgan fingerprint density at radius 3 is 2.79 bits per heavy atom. The van der Waals surface area contributed by atoms with Crippen molar-refractivity contribution in [3.8, 4) is 6.07 Å². The number of likely N-dealkylation sites (N-methyl/N-ethyl adjacent to an activating group) is 1. The number of rotatable bonds is 4. The lowest BCUT2D eigenvalue weighted by Gasteiger charge is -2.22. The fourth-order valence-electron chi connectivity index (χ4n) is 1.76. The van der Waals surface area contributed by atoms with E-state index in [-0.39, 0.29) is 5.91 Å². The lowest BCUT2D eigenvalue weighted by Crippen LogP contribution is -2.31. The van der Waals surface area contributed by atoms with Gasteiger partial charge in [0.25, 0.3) is 0 Å². The number of nitriles is 1. The molecule has 0 aliphatic carbocycles. The molecular formula is C14H13N3OS. The lowest BCUT2D eigenvalue weighted by molar-refractivity contribution is -0.130. The molecule has 1 amide bonds. The second kappa shape index (κ2) is 6.12. The van der Waals surface area contributed by atoms with Crippen LogP contribution < -0.4 is 0 Å². The van der Waals surface area contributed by atoms with Gasteiger partial charge >= 0.3 is 0 Å². The standard InChI is InChI=1S/C14H13N3OS/c1-17(14(18)9-12-3-2-8-19-12)13(10-15)11-4-6-16-7-5-11/h2-8,13H,9H2,1H3. The zero-order valence-corrected chi connectivity index (χ0v) is 11.3. The van der Waals surface area contributed by atoms with Gasteiger partial charge in [-0.05, 0) is 29.1 Å². The van der Waals surface area contributed by atoms with Crippen molar-refractivity contribution in [2.45, 2.75) is 12.5 Å². The van der Waals surface area contributed by atoms with Crippen molar-refractivity contribution in [1.82, 2.24) is 9.88 Å². The van der Waals surface area contributed by atoms with Crippen molar-refractivity contribution in [1.29, 1.82) is 5.26 Å². The molecule has 0 fully saturated rings. The first-order valence-electron chi connectivity index (χ1n) is 5.80. The predicted octanol–water partition coefficient (Wildman–Crippen LogP) is 2.41. The molecule has 1 unspecified atom stereocenters. The summed E-state index contributed by atoms with van der Waals surface area (Å²) in [5.74, 6) is -0.0641. The normalized spacial score (nSPS) is 11.6. The van der Waals surface area contributed by atoms with Crippen molar-refractivity contribution < 1.29 is 4.79 Å². The molecule has 19 heavy (non-hydrogen) atoms. The highest BCUT2D eigenvalue weighted by Crippen LogP contribution is 2.19. The highest BCUT2D eigenvalue weighted by atomic mass is 32.1. The van der Waals surface area contributed by atoms with Gasteiger partial charge in [-0.15, -0.1) is 11.3 Å². The molecule has 4 nitrogen and oxygen atoms in total. The third-order valence-corrected chi connectivity index (χ3v) is 3.71. The van der Waals surface area contributed by atoms with Crippen LogP contribution in [0.3, 0.4) is 0 Å². The number of amides is 1.